The predicted octanol–water partition coefficient (Wildman–Crippen LogP) is 3.73. The normalized spacial score (nSPS) is 48.9. The molecule has 1 saturated heterocycles. The molecule has 0 aromatic carbocycles. The highest BCUT2D eigenvalue weighted by Gasteiger charge is 2.80. The Balaban J connectivity index is 1.30. The van der Waals surface area contributed by atoms with Crippen molar-refractivity contribution in [3.63, 3.8) is 0 Å². The number of hydrogen-bond donors (Lipinski definition) is 0. The van der Waals surface area contributed by atoms with E-state index in [1.54, 1.807) is 18.4 Å². The fraction of sp³-hybridized carbons (Fsp3) is 0.895. The zero-order valence-corrected chi connectivity index (χ0v) is 14.0. The van der Waals surface area contributed by atoms with Gasteiger partial charge in [0.15, 0.2) is 0 Å². The molecule has 2 heteroatoms. The van der Waals surface area contributed by atoms with E-state index in [9.17, 15) is 0 Å². The lowest BCUT2D eigenvalue weighted by Crippen LogP contribution is -2.37. The van der Waals surface area contributed by atoms with Gasteiger partial charge in [0.2, 0.25) is 0 Å². The Morgan fingerprint density at radius 1 is 1.19 bits per heavy atom. The van der Waals surface area contributed by atoms with Crippen LogP contribution in [-0.4, -0.2) is 37.7 Å². The Kier molecular flexibility index (Phi) is 3.28. The highest BCUT2D eigenvalue weighted by atomic mass is 16.5. The van der Waals surface area contributed by atoms with E-state index in [0.29, 0.717) is 5.41 Å². The fourth-order valence-electron chi connectivity index (χ4n) is 6.30. The Morgan fingerprint density at radius 2 is 1.86 bits per heavy atom. The van der Waals surface area contributed by atoms with Crippen LogP contribution in [0.15, 0.2) is 11.6 Å². The van der Waals surface area contributed by atoms with Crippen LogP contribution in [0, 0.1) is 28.6 Å². The summed E-state index contributed by atoms with van der Waals surface area (Å²) >= 11 is 0. The van der Waals surface area contributed by atoms with Crippen LogP contribution < -0.4 is 0 Å². The van der Waals surface area contributed by atoms with Gasteiger partial charge in [-0.25, -0.2) is 0 Å². The van der Waals surface area contributed by atoms with E-state index in [2.05, 4.69) is 31.7 Å². The van der Waals surface area contributed by atoms with Crippen LogP contribution in [-0.2, 0) is 4.74 Å². The van der Waals surface area contributed by atoms with Gasteiger partial charge in [0.25, 0.3) is 0 Å². The maximum atomic E-state index is 5.43. The maximum Gasteiger partial charge on any atom is 0.0594 e. The minimum Gasteiger partial charge on any atom is -0.379 e. The highest BCUT2D eigenvalue weighted by molar-refractivity contribution is 5.29. The number of hydrogen-bond acceptors (Lipinski definition) is 2. The summed E-state index contributed by atoms with van der Waals surface area (Å²) < 4.78 is 5.43. The lowest BCUT2D eigenvalue weighted by Gasteiger charge is -2.34. The molecule has 1 aliphatic heterocycles. The number of ether oxygens (including phenoxy) is 1. The smallest absolute Gasteiger partial charge is 0.0594 e. The van der Waals surface area contributed by atoms with Crippen LogP contribution in [0.3, 0.4) is 0 Å². The summed E-state index contributed by atoms with van der Waals surface area (Å²) in [6.45, 7) is 12.7. The molecule has 5 rings (SSSR count). The van der Waals surface area contributed by atoms with E-state index in [1.165, 1.54) is 12.8 Å². The Labute approximate surface area is 129 Å². The van der Waals surface area contributed by atoms with Crippen LogP contribution in [0.4, 0.5) is 0 Å². The van der Waals surface area contributed by atoms with Crippen LogP contribution in [0.2, 0.25) is 0 Å². The summed E-state index contributed by atoms with van der Waals surface area (Å²) in [6, 6.07) is 0. The van der Waals surface area contributed by atoms with Gasteiger partial charge in [-0.1, -0.05) is 25.5 Å². The van der Waals surface area contributed by atoms with Gasteiger partial charge in [0, 0.05) is 19.6 Å². The second kappa shape index (κ2) is 4.83. The van der Waals surface area contributed by atoms with Gasteiger partial charge in [0.05, 0.1) is 13.2 Å². The van der Waals surface area contributed by atoms with E-state index < -0.39 is 0 Å². The topological polar surface area (TPSA) is 12.5 Å². The summed E-state index contributed by atoms with van der Waals surface area (Å²) in [5, 5.41) is 0. The van der Waals surface area contributed by atoms with Gasteiger partial charge < -0.3 is 4.74 Å². The molecule has 4 bridgehead atoms. The lowest BCUT2D eigenvalue weighted by molar-refractivity contribution is 0.0422. The van der Waals surface area contributed by atoms with E-state index in [4.69, 9.17) is 4.74 Å². The first-order chi connectivity index (χ1) is 10.1. The largest absolute Gasteiger partial charge is 0.379 e. The quantitative estimate of drug-likeness (QED) is 0.715. The first-order valence-corrected chi connectivity index (χ1v) is 9.01. The Bertz CT molecular complexity index is 438. The van der Waals surface area contributed by atoms with Crippen LogP contribution in [0.1, 0.15) is 46.5 Å². The first-order valence-electron chi connectivity index (χ1n) is 9.01. The molecular weight excluding hydrogens is 258 g/mol. The van der Waals surface area contributed by atoms with Gasteiger partial charge in [-0.05, 0) is 61.2 Å². The van der Waals surface area contributed by atoms with Gasteiger partial charge in [-0.2, -0.15) is 0 Å². The minimum atomic E-state index is 0.651. The van der Waals surface area contributed by atoms with Crippen molar-refractivity contribution in [3.8, 4) is 0 Å². The molecule has 21 heavy (non-hydrogen) atoms. The van der Waals surface area contributed by atoms with Crippen LogP contribution in [0.25, 0.3) is 0 Å². The van der Waals surface area contributed by atoms with Crippen molar-refractivity contribution in [2.75, 3.05) is 32.8 Å². The standard InChI is InChI=1S/C19H31NO/c1-14(13-20-7-9-21-10-8-20)5-4-6-18(2)15-11-16-17(12-15)19(16,18)3/h5,15-17H,4,6-13H2,1-3H3/b14-5-/t15?,16-,17+,18-,19?/m1/s1. The van der Waals surface area contributed by atoms with E-state index in [1.807, 2.05) is 0 Å². The molecule has 0 N–H and O–H groups in total. The summed E-state index contributed by atoms with van der Waals surface area (Å²) in [5.41, 5.74) is 2.94. The number of nitrogens with zero attached hydrogens (tertiary/aromatic N) is 1. The van der Waals surface area contributed by atoms with Crippen LogP contribution >= 0.6 is 0 Å². The molecule has 4 aliphatic carbocycles. The van der Waals surface area contributed by atoms with Crippen molar-refractivity contribution in [3.05, 3.63) is 11.6 Å². The SMILES string of the molecule is C/C(=C/CC[C@]1(C)C2C[C@@H]3[C@H](C2)C31C)CN1CCOCC1. The highest BCUT2D eigenvalue weighted by Crippen LogP contribution is 2.87. The molecule has 1 heterocycles. The van der Waals surface area contributed by atoms with Gasteiger partial charge in [-0.15, -0.1) is 0 Å². The van der Waals surface area contributed by atoms with Crippen molar-refractivity contribution >= 4 is 0 Å². The molecule has 0 spiro atoms. The zero-order valence-electron chi connectivity index (χ0n) is 14.0. The molecule has 5 aliphatic rings. The average Bonchev–Trinajstić information content (AvgIpc) is 2.81. The van der Waals surface area contributed by atoms with Crippen LogP contribution in [0.5, 0.6) is 0 Å². The monoisotopic (exact) mass is 289 g/mol. The summed E-state index contributed by atoms with van der Waals surface area (Å²) in [5.74, 6) is 3.25. The molecule has 2 nitrogen and oxygen atoms in total. The average molecular weight is 289 g/mol. The molecule has 2 unspecified atom stereocenters. The fourth-order valence-corrected chi connectivity index (χ4v) is 6.30. The molecule has 0 aromatic heterocycles. The van der Waals surface area contributed by atoms with Gasteiger partial charge in [-0.3, -0.25) is 4.90 Å². The molecule has 0 radical (unpaired) electrons. The van der Waals surface area contributed by atoms with E-state index >= 15 is 0 Å². The second-order valence-electron chi connectivity index (χ2n) is 8.56. The minimum absolute atomic E-state index is 0.651. The summed E-state index contributed by atoms with van der Waals surface area (Å²) in [6.07, 6.45) is 8.33. The number of allylic oxidation sites excluding steroid dienone is 1. The zero-order chi connectivity index (χ0) is 14.7. The van der Waals surface area contributed by atoms with Crippen molar-refractivity contribution in [1.82, 2.24) is 4.90 Å². The second-order valence-corrected chi connectivity index (χ2v) is 8.56. The Hall–Kier alpha value is -0.340. The third kappa shape index (κ3) is 1.98. The molecule has 4 saturated carbocycles. The third-order valence-electron chi connectivity index (χ3n) is 7.86. The van der Waals surface area contributed by atoms with E-state index in [0.717, 1.165) is 56.0 Å². The number of rotatable bonds is 5. The van der Waals surface area contributed by atoms with Crippen molar-refractivity contribution in [2.45, 2.75) is 46.5 Å². The summed E-state index contributed by atoms with van der Waals surface area (Å²) in [4.78, 5) is 2.53. The molecular formula is C19H31NO. The van der Waals surface area contributed by atoms with Gasteiger partial charge >= 0.3 is 0 Å². The Morgan fingerprint density at radius 3 is 2.43 bits per heavy atom. The van der Waals surface area contributed by atoms with Crippen molar-refractivity contribution < 1.29 is 4.74 Å². The van der Waals surface area contributed by atoms with Gasteiger partial charge in [0.1, 0.15) is 0 Å². The molecule has 0 aromatic rings. The molecule has 5 fully saturated rings. The lowest BCUT2D eigenvalue weighted by atomic mass is 9.71. The third-order valence-corrected chi connectivity index (χ3v) is 7.86. The molecule has 118 valence electrons. The molecule has 5 atom stereocenters. The summed E-state index contributed by atoms with van der Waals surface area (Å²) in [7, 11) is 0. The molecule has 0 amide bonds. The predicted molar refractivity (Wildman–Crippen MR) is 86.2 cm³/mol. The maximum absolute atomic E-state index is 5.43. The van der Waals surface area contributed by atoms with E-state index in [-0.39, 0.29) is 0 Å². The van der Waals surface area contributed by atoms with Crippen molar-refractivity contribution in [1.29, 1.82) is 0 Å². The first kappa shape index (κ1) is 14.3. The number of morpholine rings is 1. The van der Waals surface area contributed by atoms with Crippen molar-refractivity contribution in [2.24, 2.45) is 28.6 Å².